The van der Waals surface area contributed by atoms with Crippen molar-refractivity contribution in [1.82, 2.24) is 14.8 Å². The van der Waals surface area contributed by atoms with E-state index in [9.17, 15) is 9.59 Å². The summed E-state index contributed by atoms with van der Waals surface area (Å²) in [5.74, 6) is -0.0764. The van der Waals surface area contributed by atoms with Gasteiger partial charge in [0.1, 0.15) is 5.60 Å². The van der Waals surface area contributed by atoms with Crippen LogP contribution in [0, 0.1) is 0 Å². The summed E-state index contributed by atoms with van der Waals surface area (Å²) in [5, 5.41) is 0. The minimum Gasteiger partial charge on any atom is -0.444 e. The monoisotopic (exact) mass is 333 g/mol. The Morgan fingerprint density at radius 1 is 1.33 bits per heavy atom. The second-order valence-electron chi connectivity index (χ2n) is 7.10. The summed E-state index contributed by atoms with van der Waals surface area (Å²) in [6.45, 7) is 7.35. The number of fused-ring (bicyclic) bond motifs is 1. The third kappa shape index (κ3) is 3.51. The lowest BCUT2D eigenvalue weighted by molar-refractivity contribution is -0.0372. The van der Waals surface area contributed by atoms with Gasteiger partial charge in [0.2, 0.25) is 0 Å². The van der Waals surface area contributed by atoms with Gasteiger partial charge in [0, 0.05) is 25.5 Å². The third-order valence-corrected chi connectivity index (χ3v) is 4.12. The Kier molecular flexibility index (Phi) is 4.45. The number of carbonyl (C=O) groups excluding carboxylic acids is 2. The van der Waals surface area contributed by atoms with Crippen molar-refractivity contribution in [3.05, 3.63) is 30.1 Å². The maximum atomic E-state index is 12.7. The van der Waals surface area contributed by atoms with Crippen molar-refractivity contribution in [1.29, 1.82) is 0 Å². The number of ether oxygens (including phenoxy) is 2. The van der Waals surface area contributed by atoms with Gasteiger partial charge in [0.15, 0.2) is 0 Å². The van der Waals surface area contributed by atoms with Crippen molar-refractivity contribution in [3.8, 4) is 0 Å². The summed E-state index contributed by atoms with van der Waals surface area (Å²) < 4.78 is 11.2. The first-order valence-corrected chi connectivity index (χ1v) is 8.16. The van der Waals surface area contributed by atoms with Crippen LogP contribution in [0.3, 0.4) is 0 Å². The first kappa shape index (κ1) is 16.7. The largest absolute Gasteiger partial charge is 0.444 e. The Morgan fingerprint density at radius 2 is 2.12 bits per heavy atom. The lowest BCUT2D eigenvalue weighted by Crippen LogP contribution is -2.53. The molecule has 3 rings (SSSR count). The number of nitrogens with zero attached hydrogens (tertiary/aromatic N) is 3. The lowest BCUT2D eigenvalue weighted by Gasteiger charge is -2.36. The molecule has 0 radical (unpaired) electrons. The number of morpholine rings is 1. The molecule has 130 valence electrons. The number of pyridine rings is 1. The molecule has 0 saturated carbocycles. The summed E-state index contributed by atoms with van der Waals surface area (Å²) in [6.07, 6.45) is 2.66. The fourth-order valence-corrected chi connectivity index (χ4v) is 3.07. The first-order valence-electron chi connectivity index (χ1n) is 8.16. The molecule has 0 aromatic carbocycles. The molecule has 0 aliphatic carbocycles. The van der Waals surface area contributed by atoms with Crippen LogP contribution in [-0.2, 0) is 9.47 Å². The van der Waals surface area contributed by atoms with E-state index in [1.54, 1.807) is 34.3 Å². The van der Waals surface area contributed by atoms with E-state index in [2.05, 4.69) is 4.98 Å². The van der Waals surface area contributed by atoms with E-state index in [-0.39, 0.29) is 24.1 Å². The number of hydrogen-bond donors (Lipinski definition) is 0. The fraction of sp³-hybridized carbons (Fsp3) is 0.588. The summed E-state index contributed by atoms with van der Waals surface area (Å²) >= 11 is 0. The van der Waals surface area contributed by atoms with Crippen LogP contribution in [0.15, 0.2) is 24.5 Å². The smallest absolute Gasteiger partial charge is 0.410 e. The average Bonchev–Trinajstić information content (AvgIpc) is 2.97. The van der Waals surface area contributed by atoms with Crippen LogP contribution in [0.4, 0.5) is 4.79 Å². The molecule has 1 aromatic heterocycles. The van der Waals surface area contributed by atoms with Gasteiger partial charge in [-0.25, -0.2) is 4.79 Å². The molecular weight excluding hydrogens is 310 g/mol. The summed E-state index contributed by atoms with van der Waals surface area (Å²) in [4.78, 5) is 32.4. The van der Waals surface area contributed by atoms with E-state index in [0.717, 1.165) is 0 Å². The highest BCUT2D eigenvalue weighted by molar-refractivity contribution is 5.94. The highest BCUT2D eigenvalue weighted by atomic mass is 16.6. The Bertz CT molecular complexity index is 614. The molecule has 2 aliphatic rings. The van der Waals surface area contributed by atoms with Crippen LogP contribution >= 0.6 is 0 Å². The number of amides is 2. The standard InChI is InChI=1S/C17H23N3O4/c1-17(2,3)24-16(22)19-10-13-14(11-19)23-8-7-20(13)15(21)12-5-4-6-18-9-12/h4-6,9,13-14H,7-8,10-11H2,1-3H3/t13-,14+/m1/s1. The van der Waals surface area contributed by atoms with Gasteiger partial charge in [0.05, 0.1) is 30.9 Å². The summed E-state index contributed by atoms with van der Waals surface area (Å²) in [6, 6.07) is 3.34. The van der Waals surface area contributed by atoms with Crippen molar-refractivity contribution in [2.45, 2.75) is 38.5 Å². The number of rotatable bonds is 1. The zero-order chi connectivity index (χ0) is 17.3. The first-order chi connectivity index (χ1) is 11.3. The van der Waals surface area contributed by atoms with Crippen LogP contribution in [0.5, 0.6) is 0 Å². The van der Waals surface area contributed by atoms with Crippen molar-refractivity contribution in [3.63, 3.8) is 0 Å². The molecule has 7 heteroatoms. The van der Waals surface area contributed by atoms with E-state index < -0.39 is 5.60 Å². The van der Waals surface area contributed by atoms with E-state index in [4.69, 9.17) is 9.47 Å². The van der Waals surface area contributed by atoms with Crippen molar-refractivity contribution in [2.75, 3.05) is 26.2 Å². The van der Waals surface area contributed by atoms with Gasteiger partial charge in [-0.1, -0.05) is 0 Å². The summed E-state index contributed by atoms with van der Waals surface area (Å²) in [5.41, 5.74) is 0.00515. The van der Waals surface area contributed by atoms with Gasteiger partial charge in [-0.2, -0.15) is 0 Å². The van der Waals surface area contributed by atoms with Crippen LogP contribution in [0.2, 0.25) is 0 Å². The maximum absolute atomic E-state index is 12.7. The molecule has 0 N–H and O–H groups in total. The molecule has 3 heterocycles. The molecule has 2 atom stereocenters. The third-order valence-electron chi connectivity index (χ3n) is 4.12. The van der Waals surface area contributed by atoms with E-state index in [1.165, 1.54) is 0 Å². The van der Waals surface area contributed by atoms with Crippen molar-refractivity contribution in [2.24, 2.45) is 0 Å². The fourth-order valence-electron chi connectivity index (χ4n) is 3.07. The molecule has 0 bridgehead atoms. The average molecular weight is 333 g/mol. The molecular formula is C17H23N3O4. The van der Waals surface area contributed by atoms with Crippen molar-refractivity contribution >= 4 is 12.0 Å². The van der Waals surface area contributed by atoms with Gasteiger partial charge in [-0.15, -0.1) is 0 Å². The van der Waals surface area contributed by atoms with Gasteiger partial charge >= 0.3 is 6.09 Å². The van der Waals surface area contributed by atoms with Gasteiger partial charge in [-0.3, -0.25) is 9.78 Å². The topological polar surface area (TPSA) is 72.0 Å². The second-order valence-corrected chi connectivity index (χ2v) is 7.10. The number of aromatic nitrogens is 1. The molecule has 0 spiro atoms. The number of hydrogen-bond acceptors (Lipinski definition) is 5. The highest BCUT2D eigenvalue weighted by Crippen LogP contribution is 2.25. The molecule has 2 saturated heterocycles. The maximum Gasteiger partial charge on any atom is 0.410 e. The molecule has 24 heavy (non-hydrogen) atoms. The SMILES string of the molecule is CC(C)(C)OC(=O)N1C[C@@H]2OCCN(C(=O)c3cccnc3)[C@@H]2C1. The quantitative estimate of drug-likeness (QED) is 0.779. The molecule has 2 amide bonds. The highest BCUT2D eigenvalue weighted by Gasteiger charge is 2.44. The van der Waals surface area contributed by atoms with Gasteiger partial charge in [-0.05, 0) is 32.9 Å². The Balaban J connectivity index is 1.72. The minimum atomic E-state index is -0.545. The molecule has 7 nitrogen and oxygen atoms in total. The van der Waals surface area contributed by atoms with Crippen molar-refractivity contribution < 1.29 is 19.1 Å². The second kappa shape index (κ2) is 6.39. The van der Waals surface area contributed by atoms with Crippen LogP contribution in [0.1, 0.15) is 31.1 Å². The van der Waals surface area contributed by atoms with E-state index in [1.807, 2.05) is 20.8 Å². The zero-order valence-corrected chi connectivity index (χ0v) is 14.3. The summed E-state index contributed by atoms with van der Waals surface area (Å²) in [7, 11) is 0. The number of likely N-dealkylation sites (tertiary alicyclic amines) is 1. The number of carbonyl (C=O) groups is 2. The predicted molar refractivity (Wildman–Crippen MR) is 86.6 cm³/mol. The normalized spacial score (nSPS) is 23.8. The zero-order valence-electron chi connectivity index (χ0n) is 14.3. The Labute approximate surface area is 141 Å². The Morgan fingerprint density at radius 3 is 2.79 bits per heavy atom. The van der Waals surface area contributed by atoms with Crippen LogP contribution in [-0.4, -0.2) is 70.8 Å². The molecule has 0 unspecified atom stereocenters. The molecule has 1 aromatic rings. The molecule has 2 fully saturated rings. The molecule has 2 aliphatic heterocycles. The van der Waals surface area contributed by atoms with E-state index in [0.29, 0.717) is 31.8 Å². The lowest BCUT2D eigenvalue weighted by atomic mass is 10.1. The minimum absolute atomic E-state index is 0.0764. The van der Waals surface area contributed by atoms with Gasteiger partial charge < -0.3 is 19.3 Å². The van der Waals surface area contributed by atoms with Gasteiger partial charge in [0.25, 0.3) is 5.91 Å². The van der Waals surface area contributed by atoms with Crippen LogP contribution < -0.4 is 0 Å². The van der Waals surface area contributed by atoms with E-state index >= 15 is 0 Å². The van der Waals surface area contributed by atoms with Crippen LogP contribution in [0.25, 0.3) is 0 Å². The predicted octanol–water partition coefficient (Wildman–Crippen LogP) is 1.54. The Hall–Kier alpha value is -2.15.